The second-order valence-electron chi connectivity index (χ2n) is 7.40. The van der Waals surface area contributed by atoms with Gasteiger partial charge in [-0.25, -0.2) is 8.42 Å². The highest BCUT2D eigenvalue weighted by atomic mass is 32.2. The molecule has 9 nitrogen and oxygen atoms in total. The van der Waals surface area contributed by atoms with Gasteiger partial charge in [-0.2, -0.15) is 4.31 Å². The number of carbonyl (C=O) groups excluding carboxylic acids is 1. The van der Waals surface area contributed by atoms with Crippen LogP contribution in [0.2, 0.25) is 0 Å². The fraction of sp³-hybridized carbons (Fsp3) is 0.381. The van der Waals surface area contributed by atoms with Crippen LogP contribution >= 0.6 is 0 Å². The van der Waals surface area contributed by atoms with Crippen molar-refractivity contribution in [2.45, 2.75) is 11.0 Å². The van der Waals surface area contributed by atoms with E-state index in [0.717, 1.165) is 0 Å². The van der Waals surface area contributed by atoms with E-state index in [1.165, 1.54) is 16.4 Å². The van der Waals surface area contributed by atoms with E-state index >= 15 is 0 Å². The number of hydrogen-bond donors (Lipinski definition) is 0. The molecule has 0 N–H and O–H groups in total. The third-order valence-electron chi connectivity index (χ3n) is 5.49. The lowest BCUT2D eigenvalue weighted by Crippen LogP contribution is -2.55. The Labute approximate surface area is 180 Å². The summed E-state index contributed by atoms with van der Waals surface area (Å²) in [6.45, 7) is 1.92. The quantitative estimate of drug-likeness (QED) is 0.698. The molecule has 1 atom stereocenters. The van der Waals surface area contributed by atoms with E-state index in [2.05, 4.69) is 0 Å². The summed E-state index contributed by atoms with van der Waals surface area (Å²) in [7, 11) is -3.71. The van der Waals surface area contributed by atoms with Crippen molar-refractivity contribution in [2.24, 2.45) is 0 Å². The average Bonchev–Trinajstić information content (AvgIpc) is 2.83. The normalized spacial score (nSPS) is 20.9. The Morgan fingerprint density at radius 1 is 0.839 bits per heavy atom. The molecule has 1 fully saturated rings. The van der Waals surface area contributed by atoms with Crippen molar-refractivity contribution >= 4 is 15.9 Å². The summed E-state index contributed by atoms with van der Waals surface area (Å²) >= 11 is 0. The molecule has 0 bridgehead atoms. The van der Waals surface area contributed by atoms with Crippen LogP contribution in [0.1, 0.15) is 0 Å². The summed E-state index contributed by atoms with van der Waals surface area (Å²) in [5.74, 6) is 1.91. The summed E-state index contributed by atoms with van der Waals surface area (Å²) in [5.41, 5.74) is 0. The zero-order valence-electron chi connectivity index (χ0n) is 16.7. The fourth-order valence-corrected chi connectivity index (χ4v) is 5.27. The summed E-state index contributed by atoms with van der Waals surface area (Å²) in [4.78, 5) is 14.6. The molecule has 10 heteroatoms. The molecule has 2 aromatic carbocycles. The zero-order valence-corrected chi connectivity index (χ0v) is 17.5. The maximum Gasteiger partial charge on any atom is 0.267 e. The first-order chi connectivity index (χ1) is 15.0. The van der Waals surface area contributed by atoms with Crippen molar-refractivity contribution in [3.05, 3.63) is 42.5 Å². The van der Waals surface area contributed by atoms with Crippen molar-refractivity contribution in [1.29, 1.82) is 0 Å². The number of ether oxygens (including phenoxy) is 4. The molecule has 0 radical (unpaired) electrons. The lowest BCUT2D eigenvalue weighted by Gasteiger charge is -2.36. The van der Waals surface area contributed by atoms with Gasteiger partial charge in [-0.15, -0.1) is 0 Å². The van der Waals surface area contributed by atoms with E-state index in [1.807, 2.05) is 12.1 Å². The Kier molecular flexibility index (Phi) is 5.11. The minimum atomic E-state index is -3.71. The maximum atomic E-state index is 13.1. The first kappa shape index (κ1) is 20.0. The lowest BCUT2D eigenvalue weighted by atomic mass is 10.2. The molecule has 1 saturated heterocycles. The van der Waals surface area contributed by atoms with Gasteiger partial charge in [0.2, 0.25) is 16.1 Å². The van der Waals surface area contributed by atoms with E-state index in [9.17, 15) is 13.2 Å². The van der Waals surface area contributed by atoms with Crippen LogP contribution in [0.3, 0.4) is 0 Å². The van der Waals surface area contributed by atoms with E-state index in [0.29, 0.717) is 36.2 Å². The number of amides is 1. The minimum Gasteiger partial charge on any atom is -0.486 e. The number of rotatable bonds is 3. The van der Waals surface area contributed by atoms with Crippen molar-refractivity contribution < 1.29 is 32.2 Å². The van der Waals surface area contributed by atoms with E-state index in [1.54, 1.807) is 23.1 Å². The van der Waals surface area contributed by atoms with Crippen LogP contribution in [0.15, 0.2) is 47.4 Å². The Morgan fingerprint density at radius 3 is 2.29 bits per heavy atom. The predicted octanol–water partition coefficient (Wildman–Crippen LogP) is 1.13. The number of benzene rings is 2. The van der Waals surface area contributed by atoms with Gasteiger partial charge in [0.05, 0.1) is 4.90 Å². The number of hydrogen-bond acceptors (Lipinski definition) is 7. The number of fused-ring (bicyclic) bond motifs is 2. The molecule has 164 valence electrons. The van der Waals surface area contributed by atoms with Gasteiger partial charge in [0, 0.05) is 32.2 Å². The van der Waals surface area contributed by atoms with Crippen molar-refractivity contribution in [2.75, 3.05) is 46.0 Å². The monoisotopic (exact) mass is 446 g/mol. The Balaban J connectivity index is 1.23. The topological polar surface area (TPSA) is 94.6 Å². The molecule has 1 amide bonds. The number of piperazine rings is 1. The standard InChI is InChI=1S/C21H22N2O7S/c24-21(20-14-29-16-3-1-2-4-18(16)30-20)22-7-9-23(10-8-22)31(25,26)15-5-6-17-19(13-15)28-12-11-27-17/h1-6,13,20H,7-12,14H2/t20-/m1/s1. The summed E-state index contributed by atoms with van der Waals surface area (Å²) in [5, 5.41) is 0. The van der Waals surface area contributed by atoms with Crippen LogP contribution in [-0.2, 0) is 14.8 Å². The summed E-state index contributed by atoms with van der Waals surface area (Å²) < 4.78 is 49.9. The van der Waals surface area contributed by atoms with Gasteiger partial charge in [-0.3, -0.25) is 4.79 Å². The van der Waals surface area contributed by atoms with Crippen molar-refractivity contribution in [1.82, 2.24) is 9.21 Å². The number of carbonyl (C=O) groups is 1. The molecule has 3 heterocycles. The predicted molar refractivity (Wildman–Crippen MR) is 109 cm³/mol. The minimum absolute atomic E-state index is 0.131. The molecular formula is C21H22N2O7S. The smallest absolute Gasteiger partial charge is 0.267 e. The molecular weight excluding hydrogens is 424 g/mol. The van der Waals surface area contributed by atoms with Gasteiger partial charge in [-0.1, -0.05) is 12.1 Å². The molecule has 2 aromatic rings. The van der Waals surface area contributed by atoms with E-state index < -0.39 is 16.1 Å². The SMILES string of the molecule is O=C([C@H]1COc2ccccc2O1)N1CCN(S(=O)(=O)c2ccc3c(c2)OCCO3)CC1. The molecule has 0 unspecified atom stereocenters. The molecule has 3 aliphatic rings. The number of sulfonamides is 1. The lowest BCUT2D eigenvalue weighted by molar-refractivity contribution is -0.142. The Hall–Kier alpha value is -2.98. The molecule has 0 aliphatic carbocycles. The molecule has 3 aliphatic heterocycles. The molecule has 5 rings (SSSR count). The highest BCUT2D eigenvalue weighted by Gasteiger charge is 2.35. The fourth-order valence-electron chi connectivity index (χ4n) is 3.83. The zero-order chi connectivity index (χ0) is 21.4. The van der Waals surface area contributed by atoms with Crippen LogP contribution in [-0.4, -0.2) is 75.6 Å². The third kappa shape index (κ3) is 3.77. The number of para-hydroxylation sites is 2. The molecule has 0 saturated carbocycles. The van der Waals surface area contributed by atoms with Gasteiger partial charge in [0.15, 0.2) is 23.0 Å². The van der Waals surface area contributed by atoms with Crippen molar-refractivity contribution in [3.8, 4) is 23.0 Å². The first-order valence-corrected chi connectivity index (χ1v) is 11.5. The first-order valence-electron chi connectivity index (χ1n) is 10.1. The average molecular weight is 446 g/mol. The number of nitrogens with zero attached hydrogens (tertiary/aromatic N) is 2. The van der Waals surface area contributed by atoms with Gasteiger partial charge in [-0.05, 0) is 24.3 Å². The molecule has 0 spiro atoms. The maximum absolute atomic E-state index is 13.1. The van der Waals surface area contributed by atoms with Gasteiger partial charge in [0.1, 0.15) is 19.8 Å². The Morgan fingerprint density at radius 2 is 1.52 bits per heavy atom. The summed E-state index contributed by atoms with van der Waals surface area (Å²) in [6, 6.07) is 11.8. The van der Waals surface area contributed by atoms with Crippen LogP contribution in [0, 0.1) is 0 Å². The van der Waals surface area contributed by atoms with Crippen LogP contribution in [0.5, 0.6) is 23.0 Å². The van der Waals surface area contributed by atoms with Gasteiger partial charge < -0.3 is 23.8 Å². The Bertz CT molecular complexity index is 1100. The summed E-state index contributed by atoms with van der Waals surface area (Å²) in [6.07, 6.45) is -0.740. The largest absolute Gasteiger partial charge is 0.486 e. The van der Waals surface area contributed by atoms with E-state index in [4.69, 9.17) is 18.9 Å². The van der Waals surface area contributed by atoms with Crippen LogP contribution in [0.25, 0.3) is 0 Å². The van der Waals surface area contributed by atoms with Crippen LogP contribution < -0.4 is 18.9 Å². The second-order valence-corrected chi connectivity index (χ2v) is 9.34. The molecule has 0 aromatic heterocycles. The highest BCUT2D eigenvalue weighted by Crippen LogP contribution is 2.34. The second kappa shape index (κ2) is 7.93. The van der Waals surface area contributed by atoms with E-state index in [-0.39, 0.29) is 43.6 Å². The van der Waals surface area contributed by atoms with Gasteiger partial charge >= 0.3 is 0 Å². The van der Waals surface area contributed by atoms with Gasteiger partial charge in [0.25, 0.3) is 5.91 Å². The van der Waals surface area contributed by atoms with Crippen molar-refractivity contribution in [3.63, 3.8) is 0 Å². The third-order valence-corrected chi connectivity index (χ3v) is 7.38. The highest BCUT2D eigenvalue weighted by molar-refractivity contribution is 7.89. The van der Waals surface area contributed by atoms with Crippen LogP contribution in [0.4, 0.5) is 0 Å². The molecule has 31 heavy (non-hydrogen) atoms.